The van der Waals surface area contributed by atoms with Crippen LogP contribution in [-0.4, -0.2) is 28.5 Å². The van der Waals surface area contributed by atoms with Crippen molar-refractivity contribution >= 4 is 45.1 Å². The number of carbonyl (C=O) groups is 2. The molecule has 0 spiro atoms. The van der Waals surface area contributed by atoms with Crippen LogP contribution in [0.5, 0.6) is 0 Å². The van der Waals surface area contributed by atoms with Crippen LogP contribution in [-0.2, 0) is 9.53 Å². The summed E-state index contributed by atoms with van der Waals surface area (Å²) in [7, 11) is 0. The second kappa shape index (κ2) is 7.77. The molecule has 144 valence electrons. The molecule has 0 fully saturated rings. The maximum Gasteiger partial charge on any atom is 0.341 e. The molecule has 0 aliphatic rings. The highest BCUT2D eigenvalue weighted by Crippen LogP contribution is 2.27. The Morgan fingerprint density at radius 1 is 1.25 bits per heavy atom. The first-order valence-electron chi connectivity index (χ1n) is 8.52. The molecule has 1 aromatic carbocycles. The lowest BCUT2D eigenvalue weighted by Crippen LogP contribution is -2.21. The first kappa shape index (κ1) is 19.5. The van der Waals surface area contributed by atoms with E-state index in [-0.39, 0.29) is 29.1 Å². The number of carboxylic acid groups (broad SMARTS) is 1. The van der Waals surface area contributed by atoms with Crippen molar-refractivity contribution in [2.75, 3.05) is 6.61 Å². The molecule has 3 aromatic rings. The van der Waals surface area contributed by atoms with E-state index >= 15 is 0 Å². The Balaban J connectivity index is 2.15. The molecule has 0 aliphatic heterocycles. The molecular weight excluding hydrogens is 380 g/mol. The van der Waals surface area contributed by atoms with Crippen molar-refractivity contribution in [3.05, 3.63) is 62.0 Å². The fourth-order valence-electron chi connectivity index (χ4n) is 2.70. The Hall–Kier alpha value is -3.26. The van der Waals surface area contributed by atoms with Crippen LogP contribution in [0.15, 0.2) is 29.1 Å². The minimum atomic E-state index is -1.29. The Labute approximate surface area is 164 Å². The van der Waals surface area contributed by atoms with Gasteiger partial charge in [-0.2, -0.15) is 0 Å². The van der Waals surface area contributed by atoms with Gasteiger partial charge in [0.25, 0.3) is 5.56 Å². The van der Waals surface area contributed by atoms with Gasteiger partial charge < -0.3 is 19.6 Å². The third-order valence-electron chi connectivity index (χ3n) is 4.25. The molecule has 0 unspecified atom stereocenters. The number of nitrogens with zero attached hydrogens (tertiary/aromatic N) is 1. The van der Waals surface area contributed by atoms with Gasteiger partial charge in [0.1, 0.15) is 16.2 Å². The van der Waals surface area contributed by atoms with Crippen molar-refractivity contribution in [1.82, 2.24) is 9.97 Å². The highest BCUT2D eigenvalue weighted by Gasteiger charge is 2.19. The maximum absolute atomic E-state index is 12.6. The molecule has 0 saturated carbocycles. The van der Waals surface area contributed by atoms with E-state index in [1.807, 2.05) is 13.8 Å². The molecule has 7 nitrogen and oxygen atoms in total. The lowest BCUT2D eigenvalue weighted by Gasteiger charge is -2.08. The SMILES string of the molecule is CCOC(=O)/C(=C\c1ccc(C(=O)[O-])cc1)c1nc2sc(C)c(C)c2c(=O)[nH]1. The van der Waals surface area contributed by atoms with Gasteiger partial charge in [-0.3, -0.25) is 4.79 Å². The summed E-state index contributed by atoms with van der Waals surface area (Å²) in [5, 5.41) is 11.4. The number of aromatic amines is 1. The normalized spacial score (nSPS) is 11.6. The number of aromatic nitrogens is 2. The molecule has 8 heteroatoms. The van der Waals surface area contributed by atoms with Crippen LogP contribution < -0.4 is 10.7 Å². The second-order valence-corrected chi connectivity index (χ2v) is 7.27. The quantitative estimate of drug-likeness (QED) is 0.521. The monoisotopic (exact) mass is 397 g/mol. The molecule has 0 aliphatic carbocycles. The number of aryl methyl sites for hydroxylation is 2. The lowest BCUT2D eigenvalue weighted by atomic mass is 10.1. The first-order valence-corrected chi connectivity index (χ1v) is 9.34. The summed E-state index contributed by atoms with van der Waals surface area (Å²) in [5.74, 6) is -1.83. The number of aromatic carboxylic acids is 1. The summed E-state index contributed by atoms with van der Waals surface area (Å²) in [4.78, 5) is 44.6. The summed E-state index contributed by atoms with van der Waals surface area (Å²) in [6, 6.07) is 5.80. The van der Waals surface area contributed by atoms with E-state index < -0.39 is 11.9 Å². The number of carboxylic acids is 1. The molecule has 0 saturated heterocycles. The summed E-state index contributed by atoms with van der Waals surface area (Å²) < 4.78 is 5.10. The average molecular weight is 397 g/mol. The number of hydrogen-bond donors (Lipinski definition) is 1. The fraction of sp³-hybridized carbons (Fsp3) is 0.200. The number of hydrogen-bond acceptors (Lipinski definition) is 7. The number of ether oxygens (including phenoxy) is 1. The minimum Gasteiger partial charge on any atom is -0.545 e. The van der Waals surface area contributed by atoms with Gasteiger partial charge >= 0.3 is 5.97 Å². The predicted octanol–water partition coefficient (Wildman–Crippen LogP) is 2.07. The molecule has 0 atom stereocenters. The number of esters is 1. The first-order chi connectivity index (χ1) is 13.3. The summed E-state index contributed by atoms with van der Waals surface area (Å²) in [6.07, 6.45) is 1.49. The van der Waals surface area contributed by atoms with E-state index in [0.29, 0.717) is 15.8 Å². The Bertz CT molecular complexity index is 1160. The number of thiophene rings is 1. The Kier molecular flexibility index (Phi) is 5.41. The summed E-state index contributed by atoms with van der Waals surface area (Å²) in [6.45, 7) is 5.59. The number of benzene rings is 1. The van der Waals surface area contributed by atoms with E-state index in [4.69, 9.17) is 4.74 Å². The van der Waals surface area contributed by atoms with Gasteiger partial charge in [0.05, 0.1) is 18.0 Å². The van der Waals surface area contributed by atoms with Gasteiger partial charge in [0.2, 0.25) is 0 Å². The zero-order chi connectivity index (χ0) is 20.4. The molecule has 2 heterocycles. The van der Waals surface area contributed by atoms with Crippen molar-refractivity contribution in [2.45, 2.75) is 20.8 Å². The molecule has 28 heavy (non-hydrogen) atoms. The van der Waals surface area contributed by atoms with Crippen LogP contribution >= 0.6 is 11.3 Å². The van der Waals surface area contributed by atoms with Gasteiger partial charge in [0.15, 0.2) is 0 Å². The van der Waals surface area contributed by atoms with Crippen molar-refractivity contribution in [3.63, 3.8) is 0 Å². The third-order valence-corrected chi connectivity index (χ3v) is 5.35. The number of rotatable bonds is 5. The van der Waals surface area contributed by atoms with Crippen molar-refractivity contribution in [3.8, 4) is 0 Å². The molecule has 0 amide bonds. The van der Waals surface area contributed by atoms with E-state index in [1.54, 1.807) is 6.92 Å². The van der Waals surface area contributed by atoms with Crippen molar-refractivity contribution in [1.29, 1.82) is 0 Å². The zero-order valence-electron chi connectivity index (χ0n) is 15.5. The maximum atomic E-state index is 12.6. The average Bonchev–Trinajstić information content (AvgIpc) is 2.94. The van der Waals surface area contributed by atoms with E-state index in [0.717, 1.165) is 10.4 Å². The van der Waals surface area contributed by atoms with Gasteiger partial charge in [-0.25, -0.2) is 9.78 Å². The van der Waals surface area contributed by atoms with Crippen LogP contribution in [0.1, 0.15) is 39.1 Å². The summed E-state index contributed by atoms with van der Waals surface area (Å²) >= 11 is 1.38. The van der Waals surface area contributed by atoms with Crippen LogP contribution in [0.2, 0.25) is 0 Å². The van der Waals surface area contributed by atoms with Crippen LogP contribution in [0.4, 0.5) is 0 Å². The molecule has 3 rings (SSSR count). The van der Waals surface area contributed by atoms with E-state index in [9.17, 15) is 19.5 Å². The molecule has 0 bridgehead atoms. The standard InChI is InChI=1S/C20H18N2O5S/c1-4-27-20(26)14(9-12-5-7-13(8-6-12)19(24)25)16-21-17(23)15-10(2)11(3)28-18(15)22-16/h5-9H,4H2,1-3H3,(H,24,25)(H,21,22,23)/p-1/b14-9-. The van der Waals surface area contributed by atoms with Gasteiger partial charge in [-0.1, -0.05) is 24.3 Å². The van der Waals surface area contributed by atoms with Crippen molar-refractivity contribution < 1.29 is 19.4 Å². The van der Waals surface area contributed by atoms with Crippen LogP contribution in [0, 0.1) is 13.8 Å². The molecular formula is C20H17N2O5S-. The van der Waals surface area contributed by atoms with Gasteiger partial charge in [0, 0.05) is 4.88 Å². The highest BCUT2D eigenvalue weighted by molar-refractivity contribution is 7.18. The third kappa shape index (κ3) is 3.72. The largest absolute Gasteiger partial charge is 0.545 e. The number of H-pyrrole nitrogens is 1. The van der Waals surface area contributed by atoms with Crippen LogP contribution in [0.25, 0.3) is 21.9 Å². The second-order valence-electron chi connectivity index (χ2n) is 6.07. The number of fused-ring (bicyclic) bond motifs is 1. The topological polar surface area (TPSA) is 112 Å². The lowest BCUT2D eigenvalue weighted by molar-refractivity contribution is -0.255. The molecule has 2 aromatic heterocycles. The fourth-order valence-corrected chi connectivity index (χ4v) is 3.73. The van der Waals surface area contributed by atoms with E-state index in [1.165, 1.54) is 41.7 Å². The van der Waals surface area contributed by atoms with Crippen LogP contribution in [0.3, 0.4) is 0 Å². The smallest absolute Gasteiger partial charge is 0.341 e. The minimum absolute atomic E-state index is 0.0207. The van der Waals surface area contributed by atoms with Gasteiger partial charge in [-0.05, 0) is 43.5 Å². The number of nitrogens with one attached hydrogen (secondary N) is 1. The number of carbonyl (C=O) groups excluding carboxylic acids is 2. The van der Waals surface area contributed by atoms with E-state index in [2.05, 4.69) is 9.97 Å². The summed E-state index contributed by atoms with van der Waals surface area (Å²) in [5.41, 5.74) is 1.18. The van der Waals surface area contributed by atoms with Gasteiger partial charge in [-0.15, -0.1) is 11.3 Å². The molecule has 0 radical (unpaired) electrons. The highest BCUT2D eigenvalue weighted by atomic mass is 32.1. The molecule has 1 N–H and O–H groups in total. The Morgan fingerprint density at radius 3 is 2.54 bits per heavy atom. The zero-order valence-corrected chi connectivity index (χ0v) is 16.3. The van der Waals surface area contributed by atoms with Crippen molar-refractivity contribution in [2.24, 2.45) is 0 Å². The predicted molar refractivity (Wildman–Crippen MR) is 105 cm³/mol. The Morgan fingerprint density at radius 2 is 1.93 bits per heavy atom.